The van der Waals surface area contributed by atoms with E-state index in [1.807, 2.05) is 18.4 Å². The second kappa shape index (κ2) is 5.81. The fourth-order valence-corrected chi connectivity index (χ4v) is 3.82. The summed E-state index contributed by atoms with van der Waals surface area (Å²) in [6.07, 6.45) is 4.32. The average Bonchev–Trinajstić information content (AvgIpc) is 2.66. The van der Waals surface area contributed by atoms with E-state index in [2.05, 4.69) is 9.71 Å². The standard InChI is InChI=1S/C12H20ClN3O2S/c1-3-4-16-8-12(15-9(16)2)19(17,18)14-7-10-5-11(13)6-10/h8,10-11,14H,3-7H2,1-2H3. The number of rotatable bonds is 6. The number of halogens is 1. The lowest BCUT2D eigenvalue weighted by Crippen LogP contribution is -2.36. The van der Waals surface area contributed by atoms with Crippen molar-refractivity contribution >= 4 is 21.6 Å². The minimum atomic E-state index is -3.49. The highest BCUT2D eigenvalue weighted by Crippen LogP contribution is 2.31. The molecule has 0 bridgehead atoms. The van der Waals surface area contributed by atoms with Crippen molar-refractivity contribution in [3.63, 3.8) is 0 Å². The first-order chi connectivity index (χ1) is 8.92. The first kappa shape index (κ1) is 14.8. The molecule has 0 aromatic carbocycles. The predicted octanol–water partition coefficient (Wildman–Crippen LogP) is 1.90. The molecule has 0 amide bonds. The molecule has 0 aliphatic heterocycles. The summed E-state index contributed by atoms with van der Waals surface area (Å²) in [7, 11) is -3.49. The van der Waals surface area contributed by atoms with E-state index in [4.69, 9.17) is 11.6 Å². The molecule has 1 heterocycles. The summed E-state index contributed by atoms with van der Waals surface area (Å²) >= 11 is 5.88. The van der Waals surface area contributed by atoms with Crippen molar-refractivity contribution in [2.75, 3.05) is 6.54 Å². The second-order valence-electron chi connectivity index (χ2n) is 5.11. The smallest absolute Gasteiger partial charge is 0.259 e. The normalized spacial score (nSPS) is 23.3. The molecule has 7 heteroatoms. The SMILES string of the molecule is CCCn1cc(S(=O)(=O)NCC2CC(Cl)C2)nc1C. The maximum absolute atomic E-state index is 12.1. The molecular weight excluding hydrogens is 286 g/mol. The highest BCUT2D eigenvalue weighted by molar-refractivity contribution is 7.89. The van der Waals surface area contributed by atoms with Gasteiger partial charge in [0.15, 0.2) is 5.03 Å². The third-order valence-corrected chi connectivity index (χ3v) is 5.08. The fraction of sp³-hybridized carbons (Fsp3) is 0.750. The third kappa shape index (κ3) is 3.49. The topological polar surface area (TPSA) is 64.0 Å². The molecule has 1 saturated carbocycles. The Morgan fingerprint density at radius 3 is 2.79 bits per heavy atom. The van der Waals surface area contributed by atoms with Gasteiger partial charge in [-0.25, -0.2) is 18.1 Å². The van der Waals surface area contributed by atoms with E-state index < -0.39 is 10.0 Å². The summed E-state index contributed by atoms with van der Waals surface area (Å²) in [5.74, 6) is 1.09. The molecule has 108 valence electrons. The van der Waals surface area contributed by atoms with Gasteiger partial charge in [-0.05, 0) is 32.1 Å². The molecule has 19 heavy (non-hydrogen) atoms. The molecule has 1 N–H and O–H groups in total. The summed E-state index contributed by atoms with van der Waals surface area (Å²) in [6.45, 7) is 5.10. The molecular formula is C12H20ClN3O2S. The number of nitrogens with zero attached hydrogens (tertiary/aromatic N) is 2. The van der Waals surface area contributed by atoms with Crippen molar-refractivity contribution in [2.45, 2.75) is 50.1 Å². The molecule has 0 atom stereocenters. The van der Waals surface area contributed by atoms with Crippen molar-refractivity contribution in [1.82, 2.24) is 14.3 Å². The molecule has 0 radical (unpaired) electrons. The zero-order valence-corrected chi connectivity index (χ0v) is 12.8. The van der Waals surface area contributed by atoms with Gasteiger partial charge in [-0.3, -0.25) is 0 Å². The third-order valence-electron chi connectivity index (χ3n) is 3.43. The van der Waals surface area contributed by atoms with Gasteiger partial charge < -0.3 is 4.57 Å². The first-order valence-corrected chi connectivity index (χ1v) is 8.52. The van der Waals surface area contributed by atoms with Gasteiger partial charge in [0.05, 0.1) is 0 Å². The summed E-state index contributed by atoms with van der Waals surface area (Å²) in [5, 5.41) is 0.320. The van der Waals surface area contributed by atoms with E-state index in [-0.39, 0.29) is 10.4 Å². The molecule has 1 aromatic rings. The van der Waals surface area contributed by atoms with Gasteiger partial charge >= 0.3 is 0 Å². The van der Waals surface area contributed by atoms with E-state index in [0.29, 0.717) is 12.5 Å². The average molecular weight is 306 g/mol. The summed E-state index contributed by atoms with van der Waals surface area (Å²) in [5.41, 5.74) is 0. The quantitative estimate of drug-likeness (QED) is 0.816. The summed E-state index contributed by atoms with van der Waals surface area (Å²) in [4.78, 5) is 4.12. The van der Waals surface area contributed by atoms with Crippen molar-refractivity contribution in [2.24, 2.45) is 5.92 Å². The Morgan fingerprint density at radius 1 is 1.53 bits per heavy atom. The number of hydrogen-bond acceptors (Lipinski definition) is 3. The van der Waals surface area contributed by atoms with Crippen LogP contribution in [0.15, 0.2) is 11.2 Å². The van der Waals surface area contributed by atoms with Crippen molar-refractivity contribution in [3.8, 4) is 0 Å². The zero-order valence-electron chi connectivity index (χ0n) is 11.3. The Bertz CT molecular complexity index is 535. The Hall–Kier alpha value is -0.590. The Morgan fingerprint density at radius 2 is 2.21 bits per heavy atom. The van der Waals surface area contributed by atoms with E-state index in [0.717, 1.165) is 31.6 Å². The van der Waals surface area contributed by atoms with Crippen LogP contribution in [0, 0.1) is 12.8 Å². The molecule has 0 unspecified atom stereocenters. The van der Waals surface area contributed by atoms with Gasteiger partial charge in [0.1, 0.15) is 5.82 Å². The molecule has 0 saturated heterocycles. The van der Waals surface area contributed by atoms with Crippen LogP contribution in [0.25, 0.3) is 0 Å². The van der Waals surface area contributed by atoms with Crippen LogP contribution < -0.4 is 4.72 Å². The van der Waals surface area contributed by atoms with Gasteiger partial charge in [-0.2, -0.15) is 0 Å². The van der Waals surface area contributed by atoms with Crippen LogP contribution >= 0.6 is 11.6 Å². The number of sulfonamides is 1. The van der Waals surface area contributed by atoms with Crippen molar-refractivity contribution < 1.29 is 8.42 Å². The van der Waals surface area contributed by atoms with Crippen LogP contribution in [-0.4, -0.2) is 29.9 Å². The van der Waals surface area contributed by atoms with Gasteiger partial charge in [-0.15, -0.1) is 11.6 Å². The Kier molecular flexibility index (Phi) is 4.53. The molecule has 2 rings (SSSR count). The minimum absolute atomic E-state index is 0.111. The number of aryl methyl sites for hydroxylation is 2. The maximum Gasteiger partial charge on any atom is 0.259 e. The Balaban J connectivity index is 2.00. The van der Waals surface area contributed by atoms with Gasteiger partial charge in [0, 0.05) is 24.7 Å². The van der Waals surface area contributed by atoms with Crippen LogP contribution in [0.2, 0.25) is 0 Å². The highest BCUT2D eigenvalue weighted by Gasteiger charge is 2.29. The van der Waals surface area contributed by atoms with Gasteiger partial charge in [0.2, 0.25) is 0 Å². The van der Waals surface area contributed by atoms with Crippen molar-refractivity contribution in [1.29, 1.82) is 0 Å². The minimum Gasteiger partial charge on any atom is -0.334 e. The van der Waals surface area contributed by atoms with Crippen LogP contribution in [0.1, 0.15) is 32.0 Å². The molecule has 0 spiro atoms. The van der Waals surface area contributed by atoms with Crippen LogP contribution in [0.4, 0.5) is 0 Å². The fourth-order valence-electron chi connectivity index (χ4n) is 2.20. The lowest BCUT2D eigenvalue weighted by Gasteiger charge is -2.30. The monoisotopic (exact) mass is 305 g/mol. The first-order valence-electron chi connectivity index (χ1n) is 6.60. The summed E-state index contributed by atoms with van der Waals surface area (Å²) in [6, 6.07) is 0. The molecule has 1 aliphatic rings. The summed E-state index contributed by atoms with van der Waals surface area (Å²) < 4.78 is 28.7. The zero-order chi connectivity index (χ0) is 14.0. The highest BCUT2D eigenvalue weighted by atomic mass is 35.5. The molecule has 1 aliphatic carbocycles. The largest absolute Gasteiger partial charge is 0.334 e. The van der Waals surface area contributed by atoms with E-state index >= 15 is 0 Å². The van der Waals surface area contributed by atoms with E-state index in [1.54, 1.807) is 6.20 Å². The van der Waals surface area contributed by atoms with Crippen LogP contribution in [0.5, 0.6) is 0 Å². The maximum atomic E-state index is 12.1. The number of hydrogen-bond donors (Lipinski definition) is 1. The molecule has 1 aromatic heterocycles. The van der Waals surface area contributed by atoms with Gasteiger partial charge in [-0.1, -0.05) is 6.92 Å². The Labute approximate surface area is 119 Å². The number of alkyl halides is 1. The second-order valence-corrected chi connectivity index (χ2v) is 7.44. The van der Waals surface area contributed by atoms with E-state index in [9.17, 15) is 8.42 Å². The predicted molar refractivity (Wildman–Crippen MR) is 74.8 cm³/mol. The molecule has 5 nitrogen and oxygen atoms in total. The number of nitrogens with one attached hydrogen (secondary N) is 1. The number of aromatic nitrogens is 2. The van der Waals surface area contributed by atoms with E-state index in [1.165, 1.54) is 0 Å². The van der Waals surface area contributed by atoms with Crippen LogP contribution in [-0.2, 0) is 16.6 Å². The lowest BCUT2D eigenvalue weighted by atomic mass is 9.85. The van der Waals surface area contributed by atoms with Gasteiger partial charge in [0.25, 0.3) is 10.0 Å². The number of imidazole rings is 1. The molecule has 1 fully saturated rings. The van der Waals surface area contributed by atoms with Crippen LogP contribution in [0.3, 0.4) is 0 Å². The lowest BCUT2D eigenvalue weighted by molar-refractivity contribution is 0.323. The van der Waals surface area contributed by atoms with Crippen molar-refractivity contribution in [3.05, 3.63) is 12.0 Å².